The predicted octanol–water partition coefficient (Wildman–Crippen LogP) is 15.3. The van der Waals surface area contributed by atoms with E-state index in [2.05, 4.69) is 13.8 Å². The molecular formula is C40H83Si. The fraction of sp³-hybridized carbons (Fsp3) is 1.00. The quantitative estimate of drug-likeness (QED) is 0.0495. The Balaban J connectivity index is 3.02. The van der Waals surface area contributed by atoms with E-state index >= 15 is 0 Å². The molecular weight excluding hydrogens is 509 g/mol. The molecule has 0 saturated heterocycles. The molecule has 0 atom stereocenters. The summed E-state index contributed by atoms with van der Waals surface area (Å²) in [6.45, 7) is 4.62. The second kappa shape index (κ2) is 40.2. The minimum atomic E-state index is 0.765. The van der Waals surface area contributed by atoms with Crippen LogP contribution in [0.5, 0.6) is 0 Å². The zero-order valence-electron chi connectivity index (χ0n) is 29.4. The summed E-state index contributed by atoms with van der Waals surface area (Å²) in [6, 6.07) is 3.16. The highest BCUT2D eigenvalue weighted by Crippen LogP contribution is 2.16. The molecule has 0 amide bonds. The van der Waals surface area contributed by atoms with Crippen molar-refractivity contribution < 1.29 is 0 Å². The van der Waals surface area contributed by atoms with E-state index in [-0.39, 0.29) is 0 Å². The second-order valence-electron chi connectivity index (χ2n) is 13.9. The molecule has 0 saturated carbocycles. The molecule has 0 aromatic rings. The third kappa shape index (κ3) is 40.2. The largest absolute Gasteiger partial charge is 0.0654 e. The standard InChI is InChI=1S/C40H83Si/c1-3-5-7-9-11-13-15-17-19-21-23-25-27-29-31-33-35-37-39-41-40-38-36-34-32-30-28-26-24-22-20-18-16-14-12-10-8-6-4-2/h41H,3-40H2,1-2H3. The molecule has 0 aliphatic rings. The van der Waals surface area contributed by atoms with E-state index in [0.717, 1.165) is 9.52 Å². The van der Waals surface area contributed by atoms with E-state index in [1.54, 1.807) is 12.1 Å². The van der Waals surface area contributed by atoms with Gasteiger partial charge in [0.25, 0.3) is 0 Å². The highest BCUT2D eigenvalue weighted by molar-refractivity contribution is 6.35. The Kier molecular flexibility index (Phi) is 40.4. The lowest BCUT2D eigenvalue weighted by Gasteiger charge is -2.04. The second-order valence-corrected chi connectivity index (χ2v) is 15.6. The molecule has 0 aliphatic carbocycles. The number of hydrogen-bond acceptors (Lipinski definition) is 0. The Morgan fingerprint density at radius 2 is 0.341 bits per heavy atom. The van der Waals surface area contributed by atoms with Gasteiger partial charge in [-0.3, -0.25) is 0 Å². The Bertz CT molecular complexity index is 381. The lowest BCUT2D eigenvalue weighted by Crippen LogP contribution is -1.90. The van der Waals surface area contributed by atoms with Crippen LogP contribution in [0.15, 0.2) is 0 Å². The van der Waals surface area contributed by atoms with Crippen molar-refractivity contribution in [2.75, 3.05) is 0 Å². The zero-order valence-corrected chi connectivity index (χ0v) is 30.6. The van der Waals surface area contributed by atoms with Crippen LogP contribution in [-0.2, 0) is 0 Å². The van der Waals surface area contributed by atoms with Crippen LogP contribution in [-0.4, -0.2) is 9.52 Å². The Morgan fingerprint density at radius 1 is 0.195 bits per heavy atom. The van der Waals surface area contributed by atoms with Crippen molar-refractivity contribution >= 4 is 9.52 Å². The first-order valence-corrected chi connectivity index (χ1v) is 21.9. The molecule has 0 rings (SSSR count). The molecule has 0 bridgehead atoms. The predicted molar refractivity (Wildman–Crippen MR) is 194 cm³/mol. The van der Waals surface area contributed by atoms with Crippen molar-refractivity contribution in [1.29, 1.82) is 0 Å². The van der Waals surface area contributed by atoms with E-state index in [1.807, 2.05) is 0 Å². The van der Waals surface area contributed by atoms with Gasteiger partial charge in [-0.25, -0.2) is 0 Å². The van der Waals surface area contributed by atoms with Gasteiger partial charge in [-0.05, 0) is 0 Å². The summed E-state index contributed by atoms with van der Waals surface area (Å²) in [5.41, 5.74) is 0. The lowest BCUT2D eigenvalue weighted by atomic mass is 10.0. The Hall–Kier alpha value is 0.217. The summed E-state index contributed by atoms with van der Waals surface area (Å²) in [6.07, 6.45) is 53.6. The van der Waals surface area contributed by atoms with Crippen LogP contribution >= 0.6 is 0 Å². The van der Waals surface area contributed by atoms with Crippen molar-refractivity contribution in [2.45, 2.75) is 257 Å². The van der Waals surface area contributed by atoms with E-state index in [1.165, 1.54) is 231 Å². The van der Waals surface area contributed by atoms with E-state index in [9.17, 15) is 0 Å². The third-order valence-corrected chi connectivity index (χ3v) is 11.2. The highest BCUT2D eigenvalue weighted by Gasteiger charge is 1.98. The van der Waals surface area contributed by atoms with Gasteiger partial charge >= 0.3 is 0 Å². The lowest BCUT2D eigenvalue weighted by molar-refractivity contribution is 0.526. The van der Waals surface area contributed by atoms with Gasteiger partial charge in [0.15, 0.2) is 0 Å². The molecule has 0 spiro atoms. The first kappa shape index (κ1) is 41.2. The van der Waals surface area contributed by atoms with Crippen LogP contribution in [0.25, 0.3) is 0 Å². The summed E-state index contributed by atoms with van der Waals surface area (Å²) >= 11 is 0. The molecule has 0 aromatic carbocycles. The molecule has 1 radical (unpaired) electrons. The molecule has 0 unspecified atom stereocenters. The monoisotopic (exact) mass is 592 g/mol. The molecule has 0 N–H and O–H groups in total. The Morgan fingerprint density at radius 3 is 0.512 bits per heavy atom. The third-order valence-electron chi connectivity index (χ3n) is 9.52. The number of rotatable bonds is 38. The van der Waals surface area contributed by atoms with Gasteiger partial charge in [0, 0.05) is 9.52 Å². The molecule has 0 aromatic heterocycles. The fourth-order valence-electron chi connectivity index (χ4n) is 6.52. The van der Waals surface area contributed by atoms with Crippen molar-refractivity contribution in [2.24, 2.45) is 0 Å². The normalized spacial score (nSPS) is 11.6. The molecule has 0 fully saturated rings. The van der Waals surface area contributed by atoms with Gasteiger partial charge in [0.2, 0.25) is 0 Å². The first-order valence-electron chi connectivity index (χ1n) is 20.2. The van der Waals surface area contributed by atoms with E-state index in [0.29, 0.717) is 0 Å². The Labute approximate surface area is 266 Å². The molecule has 1 heteroatoms. The molecule has 247 valence electrons. The van der Waals surface area contributed by atoms with Crippen LogP contribution in [0.1, 0.15) is 245 Å². The molecule has 41 heavy (non-hydrogen) atoms. The molecule has 0 aliphatic heterocycles. The average molecular weight is 592 g/mol. The van der Waals surface area contributed by atoms with Crippen molar-refractivity contribution in [1.82, 2.24) is 0 Å². The molecule has 0 heterocycles. The molecule has 0 nitrogen and oxygen atoms in total. The van der Waals surface area contributed by atoms with Crippen molar-refractivity contribution in [3.63, 3.8) is 0 Å². The van der Waals surface area contributed by atoms with Gasteiger partial charge in [-0.15, -0.1) is 0 Å². The van der Waals surface area contributed by atoms with Crippen LogP contribution < -0.4 is 0 Å². The maximum absolute atomic E-state index is 2.31. The summed E-state index contributed by atoms with van der Waals surface area (Å²) in [5, 5.41) is 0. The van der Waals surface area contributed by atoms with Crippen LogP contribution in [0.3, 0.4) is 0 Å². The van der Waals surface area contributed by atoms with Gasteiger partial charge < -0.3 is 0 Å². The number of unbranched alkanes of at least 4 members (excludes halogenated alkanes) is 34. The maximum atomic E-state index is 2.31. The van der Waals surface area contributed by atoms with Crippen molar-refractivity contribution in [3.05, 3.63) is 0 Å². The summed E-state index contributed by atoms with van der Waals surface area (Å²) in [7, 11) is 0.765. The summed E-state index contributed by atoms with van der Waals surface area (Å²) in [4.78, 5) is 0. The minimum Gasteiger partial charge on any atom is -0.0654 e. The SMILES string of the molecule is CCCCCCCCCCCCCCCCCCCC[SiH]CCCCCCCCCCCCCCCCCCCC. The summed E-state index contributed by atoms with van der Waals surface area (Å²) in [5.74, 6) is 0. The fourth-order valence-corrected chi connectivity index (χ4v) is 7.97. The zero-order chi connectivity index (χ0) is 29.6. The minimum absolute atomic E-state index is 0.765. The maximum Gasteiger partial charge on any atom is 0.0280 e. The van der Waals surface area contributed by atoms with Crippen LogP contribution in [0.2, 0.25) is 12.1 Å². The first-order chi connectivity index (χ1) is 20.4. The van der Waals surface area contributed by atoms with E-state index in [4.69, 9.17) is 0 Å². The van der Waals surface area contributed by atoms with E-state index < -0.39 is 0 Å². The van der Waals surface area contributed by atoms with Gasteiger partial charge in [0.05, 0.1) is 0 Å². The topological polar surface area (TPSA) is 0 Å². The van der Waals surface area contributed by atoms with Crippen molar-refractivity contribution in [3.8, 4) is 0 Å². The smallest absolute Gasteiger partial charge is 0.0280 e. The highest BCUT2D eigenvalue weighted by atomic mass is 28.2. The summed E-state index contributed by atoms with van der Waals surface area (Å²) < 4.78 is 0. The number of hydrogen-bond donors (Lipinski definition) is 0. The van der Waals surface area contributed by atoms with Crippen LogP contribution in [0, 0.1) is 0 Å². The van der Waals surface area contributed by atoms with Gasteiger partial charge in [-0.2, -0.15) is 0 Å². The van der Waals surface area contributed by atoms with Gasteiger partial charge in [0.1, 0.15) is 0 Å². The van der Waals surface area contributed by atoms with Crippen LogP contribution in [0.4, 0.5) is 0 Å². The van der Waals surface area contributed by atoms with Gasteiger partial charge in [-0.1, -0.05) is 257 Å². The average Bonchev–Trinajstić information content (AvgIpc) is 2.98.